The van der Waals surface area contributed by atoms with Crippen molar-refractivity contribution in [2.24, 2.45) is 5.73 Å². The third kappa shape index (κ3) is 2.28. The Kier molecular flexibility index (Phi) is 3.19. The number of hydrogen-bond donors (Lipinski definition) is 2. The van der Waals surface area contributed by atoms with Gasteiger partial charge in [0, 0.05) is 17.3 Å². The maximum absolute atomic E-state index is 12.8. The lowest BCUT2D eigenvalue weighted by atomic mass is 10.1. The number of hydrogen-bond acceptors (Lipinski definition) is 3. The summed E-state index contributed by atoms with van der Waals surface area (Å²) in [6.07, 6.45) is 0. The minimum atomic E-state index is -0.666. The fraction of sp³-hybridized carbons (Fsp3) is 0.0714. The van der Waals surface area contributed by atoms with E-state index in [1.54, 1.807) is 12.1 Å². The summed E-state index contributed by atoms with van der Waals surface area (Å²) in [6, 6.07) is 8.45. The molecule has 1 heterocycles. The molecule has 1 aliphatic rings. The first-order valence-corrected chi connectivity index (χ1v) is 6.67. The highest BCUT2D eigenvalue weighted by atomic mass is 79.9. The molecule has 0 saturated carbocycles. The van der Waals surface area contributed by atoms with Crippen LogP contribution in [0.15, 0.2) is 40.9 Å². The van der Waals surface area contributed by atoms with Gasteiger partial charge in [-0.1, -0.05) is 0 Å². The van der Waals surface area contributed by atoms with Crippen molar-refractivity contribution in [2.45, 2.75) is 6.04 Å². The molecule has 3 rings (SSSR count). The fourth-order valence-electron chi connectivity index (χ4n) is 1.99. The van der Waals surface area contributed by atoms with E-state index in [-0.39, 0.29) is 11.7 Å². The predicted molar refractivity (Wildman–Crippen MR) is 76.2 cm³/mol. The Balaban J connectivity index is 1.94. The lowest BCUT2D eigenvalue weighted by Crippen LogP contribution is -2.19. The Morgan fingerprint density at radius 1 is 1.25 bits per heavy atom. The standard InChI is InChI=1S/C14H10BrFN2O2/c15-10-5-9-11(18-14(19)13(9)17)6-12(10)20-8-3-1-7(16)2-4-8/h1-6,13H,17H2,(H,18,19). The Morgan fingerprint density at radius 3 is 2.65 bits per heavy atom. The zero-order chi connectivity index (χ0) is 14.3. The summed E-state index contributed by atoms with van der Waals surface area (Å²) in [4.78, 5) is 11.5. The smallest absolute Gasteiger partial charge is 0.245 e. The second-order valence-electron chi connectivity index (χ2n) is 4.39. The van der Waals surface area contributed by atoms with Gasteiger partial charge in [-0.3, -0.25) is 4.79 Å². The summed E-state index contributed by atoms with van der Waals surface area (Å²) in [5, 5.41) is 2.68. The first-order valence-electron chi connectivity index (χ1n) is 5.88. The Bertz CT molecular complexity index is 688. The highest BCUT2D eigenvalue weighted by Crippen LogP contribution is 2.39. The number of nitrogens with one attached hydrogen (secondary N) is 1. The summed E-state index contributed by atoms with van der Waals surface area (Å²) < 4.78 is 19.2. The predicted octanol–water partition coefficient (Wildman–Crippen LogP) is 3.33. The highest BCUT2D eigenvalue weighted by Gasteiger charge is 2.28. The molecule has 20 heavy (non-hydrogen) atoms. The van der Waals surface area contributed by atoms with Gasteiger partial charge in [0.25, 0.3) is 0 Å². The molecule has 1 unspecified atom stereocenters. The van der Waals surface area contributed by atoms with Gasteiger partial charge in [0.1, 0.15) is 23.4 Å². The zero-order valence-electron chi connectivity index (χ0n) is 10.2. The minimum Gasteiger partial charge on any atom is -0.456 e. The lowest BCUT2D eigenvalue weighted by Gasteiger charge is -2.10. The molecule has 2 aromatic carbocycles. The molecule has 3 N–H and O–H groups in total. The van der Waals surface area contributed by atoms with Crippen LogP contribution in [0.3, 0.4) is 0 Å². The van der Waals surface area contributed by atoms with Crippen molar-refractivity contribution in [3.8, 4) is 11.5 Å². The van der Waals surface area contributed by atoms with Gasteiger partial charge in [-0.05, 0) is 46.3 Å². The van der Waals surface area contributed by atoms with Gasteiger partial charge < -0.3 is 15.8 Å². The summed E-state index contributed by atoms with van der Waals surface area (Å²) in [7, 11) is 0. The molecule has 1 amide bonds. The second-order valence-corrected chi connectivity index (χ2v) is 5.25. The van der Waals surface area contributed by atoms with Crippen LogP contribution in [-0.2, 0) is 4.79 Å². The van der Waals surface area contributed by atoms with E-state index < -0.39 is 6.04 Å². The van der Waals surface area contributed by atoms with Gasteiger partial charge >= 0.3 is 0 Å². The van der Waals surface area contributed by atoms with E-state index in [1.165, 1.54) is 24.3 Å². The van der Waals surface area contributed by atoms with Crippen LogP contribution >= 0.6 is 15.9 Å². The Morgan fingerprint density at radius 2 is 1.95 bits per heavy atom. The maximum atomic E-state index is 12.8. The number of halogens is 2. The molecular formula is C14H10BrFN2O2. The number of nitrogens with two attached hydrogens (primary N) is 1. The molecule has 0 aromatic heterocycles. The van der Waals surface area contributed by atoms with Crippen molar-refractivity contribution in [3.63, 3.8) is 0 Å². The van der Waals surface area contributed by atoms with Gasteiger partial charge in [-0.15, -0.1) is 0 Å². The molecule has 0 bridgehead atoms. The van der Waals surface area contributed by atoms with E-state index in [4.69, 9.17) is 10.5 Å². The van der Waals surface area contributed by atoms with Crippen LogP contribution in [0.25, 0.3) is 0 Å². The van der Waals surface area contributed by atoms with Crippen molar-refractivity contribution in [2.75, 3.05) is 5.32 Å². The molecule has 0 saturated heterocycles. The number of fused-ring (bicyclic) bond motifs is 1. The van der Waals surface area contributed by atoms with Crippen LogP contribution in [0, 0.1) is 5.82 Å². The number of amides is 1. The lowest BCUT2D eigenvalue weighted by molar-refractivity contribution is -0.116. The van der Waals surface area contributed by atoms with Crippen LogP contribution in [-0.4, -0.2) is 5.91 Å². The highest BCUT2D eigenvalue weighted by molar-refractivity contribution is 9.10. The van der Waals surface area contributed by atoms with Gasteiger partial charge in [0.05, 0.1) is 4.47 Å². The summed E-state index contributed by atoms with van der Waals surface area (Å²) in [5.74, 6) is 0.444. The van der Waals surface area contributed by atoms with Gasteiger partial charge in [-0.2, -0.15) is 0 Å². The average Bonchev–Trinajstić information content (AvgIpc) is 2.69. The molecule has 0 aliphatic carbocycles. The Hall–Kier alpha value is -1.92. The van der Waals surface area contributed by atoms with Crippen LogP contribution in [0.5, 0.6) is 11.5 Å². The largest absolute Gasteiger partial charge is 0.456 e. The maximum Gasteiger partial charge on any atom is 0.245 e. The second kappa shape index (κ2) is 4.88. The number of benzene rings is 2. The number of carbonyl (C=O) groups excluding carboxylic acids is 1. The van der Waals surface area contributed by atoms with Crippen LogP contribution in [0.4, 0.5) is 10.1 Å². The molecule has 102 valence electrons. The van der Waals surface area contributed by atoms with Crippen molar-refractivity contribution in [1.29, 1.82) is 0 Å². The van der Waals surface area contributed by atoms with Crippen LogP contribution in [0.1, 0.15) is 11.6 Å². The molecule has 1 atom stereocenters. The quantitative estimate of drug-likeness (QED) is 0.884. The van der Waals surface area contributed by atoms with E-state index in [9.17, 15) is 9.18 Å². The summed E-state index contributed by atoms with van der Waals surface area (Å²) in [5.41, 5.74) is 7.11. The molecular weight excluding hydrogens is 327 g/mol. The summed E-state index contributed by atoms with van der Waals surface area (Å²) in [6.45, 7) is 0. The molecule has 0 fully saturated rings. The SMILES string of the molecule is NC1C(=O)Nc2cc(Oc3ccc(F)cc3)c(Br)cc21. The van der Waals surface area contributed by atoms with E-state index in [0.29, 0.717) is 27.2 Å². The van der Waals surface area contributed by atoms with E-state index in [0.717, 1.165) is 0 Å². The van der Waals surface area contributed by atoms with Crippen LogP contribution < -0.4 is 15.8 Å². The van der Waals surface area contributed by atoms with Crippen molar-refractivity contribution in [1.82, 2.24) is 0 Å². The van der Waals surface area contributed by atoms with Gasteiger partial charge in [-0.25, -0.2) is 4.39 Å². The zero-order valence-corrected chi connectivity index (χ0v) is 11.8. The topological polar surface area (TPSA) is 64.4 Å². The van der Waals surface area contributed by atoms with Crippen LogP contribution in [0.2, 0.25) is 0 Å². The third-order valence-electron chi connectivity index (χ3n) is 3.02. The number of ether oxygens (including phenoxy) is 1. The molecule has 4 nitrogen and oxygen atoms in total. The molecule has 0 radical (unpaired) electrons. The monoisotopic (exact) mass is 336 g/mol. The molecule has 1 aliphatic heterocycles. The first kappa shape index (κ1) is 13.1. The van der Waals surface area contributed by atoms with Gasteiger partial charge in [0.15, 0.2) is 0 Å². The number of rotatable bonds is 2. The van der Waals surface area contributed by atoms with Crippen molar-refractivity contribution in [3.05, 3.63) is 52.3 Å². The van der Waals surface area contributed by atoms with Gasteiger partial charge in [0.2, 0.25) is 5.91 Å². The van der Waals surface area contributed by atoms with Crippen molar-refractivity contribution < 1.29 is 13.9 Å². The third-order valence-corrected chi connectivity index (χ3v) is 3.64. The first-order chi connectivity index (χ1) is 9.54. The average molecular weight is 337 g/mol. The Labute approximate surface area is 122 Å². The number of anilines is 1. The molecule has 0 spiro atoms. The normalized spacial score (nSPS) is 16.8. The number of carbonyl (C=O) groups is 1. The van der Waals surface area contributed by atoms with E-state index in [1.807, 2.05) is 0 Å². The molecule has 2 aromatic rings. The van der Waals surface area contributed by atoms with E-state index in [2.05, 4.69) is 21.2 Å². The van der Waals surface area contributed by atoms with Crippen molar-refractivity contribution >= 4 is 27.5 Å². The molecule has 6 heteroatoms. The fourth-order valence-corrected chi connectivity index (χ4v) is 2.44. The minimum absolute atomic E-state index is 0.245. The van der Waals surface area contributed by atoms with E-state index >= 15 is 0 Å². The summed E-state index contributed by atoms with van der Waals surface area (Å²) >= 11 is 3.38.